The Kier molecular flexibility index (Phi) is 3.17. The molecule has 1 fully saturated rings. The lowest BCUT2D eigenvalue weighted by atomic mass is 9.78. The zero-order chi connectivity index (χ0) is 12.6. The molecule has 92 valence electrons. The molecule has 0 atom stereocenters. The molecular formula is C14H17ClO2. The molecule has 0 amide bonds. The summed E-state index contributed by atoms with van der Waals surface area (Å²) in [6.07, 6.45) is 3.33. The second kappa shape index (κ2) is 4.34. The monoisotopic (exact) mass is 252 g/mol. The highest BCUT2D eigenvalue weighted by Crippen LogP contribution is 2.45. The van der Waals surface area contributed by atoms with Gasteiger partial charge in [-0.15, -0.1) is 0 Å². The van der Waals surface area contributed by atoms with Gasteiger partial charge in [0.05, 0.1) is 5.41 Å². The molecule has 0 radical (unpaired) electrons. The summed E-state index contributed by atoms with van der Waals surface area (Å²) in [6, 6.07) is 3.94. The molecule has 1 N–H and O–H groups in total. The Morgan fingerprint density at radius 3 is 2.41 bits per heavy atom. The van der Waals surface area contributed by atoms with Crippen LogP contribution < -0.4 is 0 Å². The van der Waals surface area contributed by atoms with Crippen molar-refractivity contribution in [1.82, 2.24) is 0 Å². The summed E-state index contributed by atoms with van der Waals surface area (Å²) < 4.78 is 0. The predicted octanol–water partition coefficient (Wildman–Crippen LogP) is 3.85. The van der Waals surface area contributed by atoms with Crippen molar-refractivity contribution in [3.63, 3.8) is 0 Å². The summed E-state index contributed by atoms with van der Waals surface area (Å²) in [5.41, 5.74) is 2.10. The number of carboxylic acids is 1. The number of benzene rings is 1. The van der Waals surface area contributed by atoms with E-state index in [1.807, 2.05) is 26.0 Å². The lowest BCUT2D eigenvalue weighted by molar-refractivity contribution is -0.143. The summed E-state index contributed by atoms with van der Waals surface area (Å²) in [5, 5.41) is 10.2. The number of carbonyl (C=O) groups is 1. The SMILES string of the molecule is Cc1cc(C)c(Cl)c(C2(C(=O)O)CCCC2)c1. The lowest BCUT2D eigenvalue weighted by Gasteiger charge is -2.26. The summed E-state index contributed by atoms with van der Waals surface area (Å²) >= 11 is 6.32. The first-order valence-corrected chi connectivity index (χ1v) is 6.36. The van der Waals surface area contributed by atoms with Crippen LogP contribution in [0.4, 0.5) is 0 Å². The maximum atomic E-state index is 11.6. The van der Waals surface area contributed by atoms with E-state index in [2.05, 4.69) is 0 Å². The Hall–Kier alpha value is -1.02. The van der Waals surface area contributed by atoms with Gasteiger partial charge in [0.1, 0.15) is 0 Å². The maximum Gasteiger partial charge on any atom is 0.314 e. The Balaban J connectivity index is 2.62. The number of hydrogen-bond donors (Lipinski definition) is 1. The highest BCUT2D eigenvalue weighted by atomic mass is 35.5. The topological polar surface area (TPSA) is 37.3 Å². The minimum atomic E-state index is -0.756. The third kappa shape index (κ3) is 1.95. The first kappa shape index (κ1) is 12.4. The molecular weight excluding hydrogens is 236 g/mol. The van der Waals surface area contributed by atoms with Gasteiger partial charge in [0.25, 0.3) is 0 Å². The minimum Gasteiger partial charge on any atom is -0.481 e. The first-order valence-electron chi connectivity index (χ1n) is 5.98. The van der Waals surface area contributed by atoms with E-state index in [0.29, 0.717) is 17.9 Å². The Labute approximate surface area is 107 Å². The van der Waals surface area contributed by atoms with E-state index in [-0.39, 0.29) is 0 Å². The number of rotatable bonds is 2. The van der Waals surface area contributed by atoms with E-state index < -0.39 is 11.4 Å². The van der Waals surface area contributed by atoms with Crippen LogP contribution in [0.2, 0.25) is 5.02 Å². The second-order valence-corrected chi connectivity index (χ2v) is 5.42. The molecule has 3 heteroatoms. The van der Waals surface area contributed by atoms with Crippen molar-refractivity contribution in [2.45, 2.75) is 44.9 Å². The Morgan fingerprint density at radius 1 is 1.29 bits per heavy atom. The zero-order valence-electron chi connectivity index (χ0n) is 10.2. The fraction of sp³-hybridized carbons (Fsp3) is 0.500. The van der Waals surface area contributed by atoms with Gasteiger partial charge in [-0.1, -0.05) is 42.1 Å². The van der Waals surface area contributed by atoms with Gasteiger partial charge in [-0.25, -0.2) is 0 Å². The molecule has 0 aromatic heterocycles. The van der Waals surface area contributed by atoms with E-state index in [4.69, 9.17) is 11.6 Å². The number of halogens is 1. The lowest BCUT2D eigenvalue weighted by Crippen LogP contribution is -2.33. The number of hydrogen-bond acceptors (Lipinski definition) is 1. The van der Waals surface area contributed by atoms with Crippen molar-refractivity contribution < 1.29 is 9.90 Å². The highest BCUT2D eigenvalue weighted by molar-refractivity contribution is 6.32. The summed E-state index contributed by atoms with van der Waals surface area (Å²) in [4.78, 5) is 11.6. The summed E-state index contributed by atoms with van der Waals surface area (Å²) in [5.74, 6) is -0.734. The van der Waals surface area contributed by atoms with Crippen molar-refractivity contribution in [3.8, 4) is 0 Å². The van der Waals surface area contributed by atoms with E-state index in [1.165, 1.54) is 0 Å². The third-order valence-electron chi connectivity index (χ3n) is 3.78. The van der Waals surface area contributed by atoms with Crippen LogP contribution in [-0.2, 0) is 10.2 Å². The number of aryl methyl sites for hydroxylation is 2. The van der Waals surface area contributed by atoms with E-state index in [1.54, 1.807) is 0 Å². The molecule has 1 aliphatic carbocycles. The third-order valence-corrected chi connectivity index (χ3v) is 4.28. The summed E-state index contributed by atoms with van der Waals surface area (Å²) in [6.45, 7) is 3.92. The second-order valence-electron chi connectivity index (χ2n) is 5.04. The van der Waals surface area contributed by atoms with E-state index >= 15 is 0 Å². The average Bonchev–Trinajstić information content (AvgIpc) is 2.73. The van der Waals surface area contributed by atoms with Gasteiger partial charge in [-0.3, -0.25) is 4.79 Å². The fourth-order valence-electron chi connectivity index (χ4n) is 2.88. The molecule has 0 spiro atoms. The number of carboxylic acid groups (broad SMARTS) is 1. The smallest absolute Gasteiger partial charge is 0.314 e. The quantitative estimate of drug-likeness (QED) is 0.868. The Bertz CT molecular complexity index is 460. The minimum absolute atomic E-state index is 0.625. The van der Waals surface area contributed by atoms with Gasteiger partial charge in [-0.2, -0.15) is 0 Å². The van der Waals surface area contributed by atoms with Crippen molar-refractivity contribution in [2.75, 3.05) is 0 Å². The van der Waals surface area contributed by atoms with Crippen LogP contribution in [0.15, 0.2) is 12.1 Å². The average molecular weight is 253 g/mol. The van der Waals surface area contributed by atoms with Gasteiger partial charge < -0.3 is 5.11 Å². The highest BCUT2D eigenvalue weighted by Gasteiger charge is 2.44. The molecule has 0 aliphatic heterocycles. The van der Waals surface area contributed by atoms with Gasteiger partial charge in [0, 0.05) is 5.02 Å². The Morgan fingerprint density at radius 2 is 1.88 bits per heavy atom. The molecule has 1 aromatic rings. The molecule has 0 saturated heterocycles. The van der Waals surface area contributed by atoms with Gasteiger partial charge in [0.15, 0.2) is 0 Å². The van der Waals surface area contributed by atoms with Gasteiger partial charge in [0.2, 0.25) is 0 Å². The van der Waals surface area contributed by atoms with Crippen molar-refractivity contribution in [3.05, 3.63) is 33.8 Å². The van der Waals surface area contributed by atoms with Crippen LogP contribution in [0, 0.1) is 13.8 Å². The molecule has 1 aromatic carbocycles. The van der Waals surface area contributed by atoms with Crippen LogP contribution in [-0.4, -0.2) is 11.1 Å². The molecule has 1 saturated carbocycles. The van der Waals surface area contributed by atoms with E-state index in [9.17, 15) is 9.90 Å². The van der Waals surface area contributed by atoms with Crippen LogP contribution in [0.25, 0.3) is 0 Å². The van der Waals surface area contributed by atoms with Gasteiger partial charge >= 0.3 is 5.97 Å². The molecule has 17 heavy (non-hydrogen) atoms. The van der Waals surface area contributed by atoms with Crippen LogP contribution in [0.5, 0.6) is 0 Å². The molecule has 0 unspecified atom stereocenters. The normalized spacial score (nSPS) is 18.3. The molecule has 0 bridgehead atoms. The molecule has 0 heterocycles. The van der Waals surface area contributed by atoms with Gasteiger partial charge in [-0.05, 0) is 37.8 Å². The maximum absolute atomic E-state index is 11.6. The van der Waals surface area contributed by atoms with Crippen LogP contribution in [0.3, 0.4) is 0 Å². The number of aliphatic carboxylic acids is 1. The van der Waals surface area contributed by atoms with E-state index in [0.717, 1.165) is 29.5 Å². The zero-order valence-corrected chi connectivity index (χ0v) is 11.0. The van der Waals surface area contributed by atoms with Crippen LogP contribution in [0.1, 0.15) is 42.4 Å². The van der Waals surface area contributed by atoms with Crippen molar-refractivity contribution in [2.24, 2.45) is 0 Å². The van der Waals surface area contributed by atoms with Crippen molar-refractivity contribution in [1.29, 1.82) is 0 Å². The summed E-state index contributed by atoms with van der Waals surface area (Å²) in [7, 11) is 0. The van der Waals surface area contributed by atoms with Crippen molar-refractivity contribution >= 4 is 17.6 Å². The predicted molar refractivity (Wildman–Crippen MR) is 68.7 cm³/mol. The molecule has 2 rings (SSSR count). The van der Waals surface area contributed by atoms with Crippen LogP contribution >= 0.6 is 11.6 Å². The first-order chi connectivity index (χ1) is 7.97. The fourth-order valence-corrected chi connectivity index (χ4v) is 3.17. The molecule has 1 aliphatic rings. The molecule has 2 nitrogen and oxygen atoms in total. The largest absolute Gasteiger partial charge is 0.481 e. The standard InChI is InChI=1S/C14H17ClO2/c1-9-7-10(2)12(15)11(8-9)14(13(16)17)5-3-4-6-14/h7-8H,3-6H2,1-2H3,(H,16,17).